The number of sulfonamides is 1. The lowest BCUT2D eigenvalue weighted by Crippen LogP contribution is -2.58. The first-order valence-corrected chi connectivity index (χ1v) is 21.9. The lowest BCUT2D eigenvalue weighted by atomic mass is 10.0. The Morgan fingerprint density at radius 1 is 0.855 bits per heavy atom. The van der Waals surface area contributed by atoms with E-state index in [9.17, 15) is 32.4 Å². The molecule has 1 saturated heterocycles. The number of carbonyl (C=O) groups excluding carboxylic acids is 5. The summed E-state index contributed by atoms with van der Waals surface area (Å²) in [6, 6.07) is 5.75. The fraction of sp³-hybridized carbons (Fsp3) is 0.675. The topological polar surface area (TPSA) is 181 Å². The van der Waals surface area contributed by atoms with E-state index in [1.165, 1.54) is 10.5 Å². The Kier molecular flexibility index (Phi) is 12.0. The van der Waals surface area contributed by atoms with Crippen molar-refractivity contribution in [1.82, 2.24) is 25.2 Å². The van der Waals surface area contributed by atoms with Crippen molar-refractivity contribution in [2.75, 3.05) is 13.1 Å². The molecule has 1 aromatic rings. The molecular formula is C40H55N5O9S. The second-order valence-corrected chi connectivity index (χ2v) is 18.2. The highest BCUT2D eigenvalue weighted by Crippen LogP contribution is 2.46. The smallest absolute Gasteiger partial charge is 0.410 e. The summed E-state index contributed by atoms with van der Waals surface area (Å²) in [6.45, 7) is 0.738. The van der Waals surface area contributed by atoms with Gasteiger partial charge >= 0.3 is 12.2 Å². The molecule has 3 N–H and O–H groups in total. The van der Waals surface area contributed by atoms with Crippen molar-refractivity contribution in [2.45, 2.75) is 151 Å². The van der Waals surface area contributed by atoms with E-state index in [2.05, 4.69) is 15.4 Å². The molecule has 0 aromatic heterocycles. The molecule has 3 saturated carbocycles. The average Bonchev–Trinajstić information content (AvgIpc) is 3.44. The Morgan fingerprint density at radius 2 is 1.56 bits per heavy atom. The molecule has 300 valence electrons. The number of benzene rings is 1. The molecular weight excluding hydrogens is 727 g/mol. The lowest BCUT2D eigenvalue weighted by Gasteiger charge is -2.30. The summed E-state index contributed by atoms with van der Waals surface area (Å²) >= 11 is 0. The molecule has 0 spiro atoms. The maximum absolute atomic E-state index is 14.5. The van der Waals surface area contributed by atoms with Crippen LogP contribution in [0.5, 0.6) is 0 Å². The van der Waals surface area contributed by atoms with E-state index in [1.54, 1.807) is 4.90 Å². The van der Waals surface area contributed by atoms with Gasteiger partial charge in [-0.3, -0.25) is 19.1 Å². The van der Waals surface area contributed by atoms with Crippen LogP contribution in [0.4, 0.5) is 9.59 Å². The number of hydrogen-bond acceptors (Lipinski definition) is 9. The summed E-state index contributed by atoms with van der Waals surface area (Å²) in [5.41, 5.74) is 0.672. The standard InChI is InChI=1S/C40H55N5O9S/c46-35-34-23-31(54-39(50)44-22-21-27-13-9-10-14-28(27)25-44)26-45(34)36(47)33(41-38(49)53-30-16-11-12-17-30)20-8-3-1-2-5-15-29-24-40(29,42-35)37(48)43-55(51,52)32-18-6-4-7-19-32/h5,9-10,13-15,29-34H,1-4,6-8,11-12,16-26H2,(H,41,49)(H,42,46)(H,43,48)/b15-5-/t29-,31+,33-,34-,40+/m0/s1. The first-order valence-electron chi connectivity index (χ1n) is 20.4. The second kappa shape index (κ2) is 16.9. The number of allylic oxidation sites excluding steroid dienone is 1. The largest absolute Gasteiger partial charge is 0.446 e. The molecule has 3 heterocycles. The van der Waals surface area contributed by atoms with Gasteiger partial charge in [0, 0.05) is 25.4 Å². The van der Waals surface area contributed by atoms with Crippen molar-refractivity contribution in [2.24, 2.45) is 5.92 Å². The van der Waals surface area contributed by atoms with Gasteiger partial charge < -0.3 is 29.9 Å². The zero-order chi connectivity index (χ0) is 38.6. The molecule has 0 bridgehead atoms. The number of ether oxygens (including phenoxy) is 2. The summed E-state index contributed by atoms with van der Waals surface area (Å²) in [7, 11) is -3.99. The Balaban J connectivity index is 1.12. The van der Waals surface area contributed by atoms with Crippen molar-refractivity contribution in [3.63, 3.8) is 0 Å². The average molecular weight is 782 g/mol. The van der Waals surface area contributed by atoms with Gasteiger partial charge in [0.15, 0.2) is 0 Å². The molecule has 3 aliphatic carbocycles. The maximum Gasteiger partial charge on any atom is 0.410 e. The van der Waals surface area contributed by atoms with Crippen LogP contribution in [0, 0.1) is 5.92 Å². The second-order valence-electron chi connectivity index (χ2n) is 16.3. The number of hydrogen-bond donors (Lipinski definition) is 3. The number of nitrogens with one attached hydrogen (secondary N) is 3. The van der Waals surface area contributed by atoms with E-state index < -0.39 is 74.8 Å². The van der Waals surface area contributed by atoms with Gasteiger partial charge in [-0.25, -0.2) is 18.0 Å². The van der Waals surface area contributed by atoms with Crippen molar-refractivity contribution < 1.29 is 41.9 Å². The van der Waals surface area contributed by atoms with Gasteiger partial charge in [0.1, 0.15) is 29.8 Å². The first kappa shape index (κ1) is 39.1. The normalized spacial score (nSPS) is 30.0. The number of carbonyl (C=O) groups is 5. The fourth-order valence-corrected chi connectivity index (χ4v) is 10.6. The third-order valence-corrected chi connectivity index (χ3v) is 14.2. The van der Waals surface area contributed by atoms with E-state index in [1.807, 2.05) is 36.4 Å². The Hall–Kier alpha value is -4.14. The third-order valence-electron chi connectivity index (χ3n) is 12.4. The number of fused-ring (bicyclic) bond motifs is 3. The minimum Gasteiger partial charge on any atom is -0.446 e. The van der Waals surface area contributed by atoms with E-state index in [4.69, 9.17) is 9.47 Å². The summed E-state index contributed by atoms with van der Waals surface area (Å²) < 4.78 is 40.7. The highest BCUT2D eigenvalue weighted by Gasteiger charge is 2.62. The summed E-state index contributed by atoms with van der Waals surface area (Å²) in [5.74, 6) is -2.39. The minimum absolute atomic E-state index is 0.0362. The van der Waals surface area contributed by atoms with E-state index in [0.717, 1.165) is 63.4 Å². The molecule has 14 nitrogen and oxygen atoms in total. The summed E-state index contributed by atoms with van der Waals surface area (Å²) in [4.78, 5) is 72.4. The Labute approximate surface area is 323 Å². The van der Waals surface area contributed by atoms with Crippen LogP contribution in [0.3, 0.4) is 0 Å². The molecule has 55 heavy (non-hydrogen) atoms. The van der Waals surface area contributed by atoms with E-state index >= 15 is 0 Å². The Morgan fingerprint density at radius 3 is 2.35 bits per heavy atom. The van der Waals surface area contributed by atoms with Gasteiger partial charge in [-0.1, -0.05) is 68.5 Å². The zero-order valence-corrected chi connectivity index (χ0v) is 32.4. The molecule has 0 unspecified atom stereocenters. The van der Waals surface area contributed by atoms with Crippen LogP contribution in [0.25, 0.3) is 0 Å². The maximum atomic E-state index is 14.5. The van der Waals surface area contributed by atoms with Crippen LogP contribution in [-0.2, 0) is 46.8 Å². The van der Waals surface area contributed by atoms with Gasteiger partial charge in [0.25, 0.3) is 5.91 Å². The number of rotatable bonds is 6. The highest BCUT2D eigenvalue weighted by atomic mass is 32.2. The SMILES string of the molecule is O=C(N[C@H]1CCCCC/C=C\[C@H]2C[C@@]2(C(=O)NS(=O)(=O)C2CCCCC2)NC(=O)[C@@H]2C[C@@H](OC(=O)N3CCc4ccccc4C3)CN2C1=O)OC1CCCC1. The van der Waals surface area contributed by atoms with Crippen molar-refractivity contribution >= 4 is 39.9 Å². The highest BCUT2D eigenvalue weighted by molar-refractivity contribution is 7.90. The summed E-state index contributed by atoms with van der Waals surface area (Å²) in [6.07, 6.45) is 12.5. The molecule has 5 atom stereocenters. The predicted molar refractivity (Wildman–Crippen MR) is 202 cm³/mol. The summed E-state index contributed by atoms with van der Waals surface area (Å²) in [5, 5.41) is 4.99. The van der Waals surface area contributed by atoms with Gasteiger partial charge in [-0.15, -0.1) is 0 Å². The van der Waals surface area contributed by atoms with Crippen LogP contribution >= 0.6 is 0 Å². The molecule has 3 aliphatic heterocycles. The van der Waals surface area contributed by atoms with E-state index in [0.29, 0.717) is 51.6 Å². The van der Waals surface area contributed by atoms with Crippen LogP contribution in [0.1, 0.15) is 114 Å². The number of amides is 5. The molecule has 6 aliphatic rings. The van der Waals surface area contributed by atoms with Gasteiger partial charge in [-0.2, -0.15) is 0 Å². The molecule has 5 amide bonds. The van der Waals surface area contributed by atoms with Crippen LogP contribution < -0.4 is 15.4 Å². The quantitative estimate of drug-likeness (QED) is 0.354. The minimum atomic E-state index is -3.99. The number of alkyl carbamates (subject to hydrolysis) is 1. The van der Waals surface area contributed by atoms with E-state index in [-0.39, 0.29) is 25.5 Å². The first-order chi connectivity index (χ1) is 26.5. The van der Waals surface area contributed by atoms with Crippen LogP contribution in [0.15, 0.2) is 36.4 Å². The van der Waals surface area contributed by atoms with Crippen molar-refractivity contribution in [3.8, 4) is 0 Å². The van der Waals surface area contributed by atoms with Gasteiger partial charge in [0.2, 0.25) is 21.8 Å². The molecule has 4 fully saturated rings. The lowest BCUT2D eigenvalue weighted by molar-refractivity contribution is -0.141. The monoisotopic (exact) mass is 781 g/mol. The molecule has 1 aromatic carbocycles. The molecule has 0 radical (unpaired) electrons. The predicted octanol–water partition coefficient (Wildman–Crippen LogP) is 4.36. The van der Waals surface area contributed by atoms with Crippen LogP contribution in [-0.4, -0.2) is 96.3 Å². The third kappa shape index (κ3) is 9.13. The Bertz CT molecular complexity index is 1760. The molecule has 15 heteroatoms. The fourth-order valence-electron chi connectivity index (χ4n) is 9.05. The van der Waals surface area contributed by atoms with Crippen LogP contribution in [0.2, 0.25) is 0 Å². The van der Waals surface area contributed by atoms with Gasteiger partial charge in [-0.05, 0) is 81.8 Å². The van der Waals surface area contributed by atoms with Gasteiger partial charge in [0.05, 0.1) is 11.8 Å². The number of nitrogens with zero attached hydrogens (tertiary/aromatic N) is 2. The van der Waals surface area contributed by atoms with Crippen molar-refractivity contribution in [1.29, 1.82) is 0 Å². The molecule has 7 rings (SSSR count). The van der Waals surface area contributed by atoms with Crippen molar-refractivity contribution in [3.05, 3.63) is 47.5 Å². The zero-order valence-electron chi connectivity index (χ0n) is 31.5.